The highest BCUT2D eigenvalue weighted by molar-refractivity contribution is 5.27. The minimum absolute atomic E-state index is 0.317. The fourth-order valence-corrected chi connectivity index (χ4v) is 3.38. The van der Waals surface area contributed by atoms with Crippen molar-refractivity contribution < 1.29 is 0 Å². The van der Waals surface area contributed by atoms with E-state index in [1.54, 1.807) is 0 Å². The third-order valence-corrected chi connectivity index (χ3v) is 4.77. The van der Waals surface area contributed by atoms with Crippen molar-refractivity contribution in [2.75, 3.05) is 0 Å². The molecule has 3 unspecified atom stereocenters. The lowest BCUT2D eigenvalue weighted by Crippen LogP contribution is -2.32. The largest absolute Gasteiger partial charge is 0.271 e. The number of nitrogens with two attached hydrogens (primary N) is 1. The molecule has 19 heavy (non-hydrogen) atoms. The van der Waals surface area contributed by atoms with Crippen LogP contribution in [0.25, 0.3) is 0 Å². The van der Waals surface area contributed by atoms with Crippen LogP contribution < -0.4 is 11.3 Å². The Morgan fingerprint density at radius 2 is 1.79 bits per heavy atom. The van der Waals surface area contributed by atoms with Gasteiger partial charge in [0, 0.05) is 6.04 Å². The van der Waals surface area contributed by atoms with Crippen LogP contribution in [0.3, 0.4) is 0 Å². The molecule has 0 amide bonds. The number of hydrogen-bond donors (Lipinski definition) is 2. The Morgan fingerprint density at radius 1 is 1.16 bits per heavy atom. The topological polar surface area (TPSA) is 38.0 Å². The first-order valence-corrected chi connectivity index (χ1v) is 7.71. The van der Waals surface area contributed by atoms with Crippen molar-refractivity contribution >= 4 is 0 Å². The molecule has 2 nitrogen and oxygen atoms in total. The summed E-state index contributed by atoms with van der Waals surface area (Å²) >= 11 is 0. The van der Waals surface area contributed by atoms with Gasteiger partial charge in [-0.2, -0.15) is 0 Å². The monoisotopic (exact) mass is 260 g/mol. The predicted molar refractivity (Wildman–Crippen MR) is 81.7 cm³/mol. The molecule has 0 saturated heterocycles. The minimum Gasteiger partial charge on any atom is -0.271 e. The summed E-state index contributed by atoms with van der Waals surface area (Å²) in [6.45, 7) is 6.77. The Labute approximate surface area is 117 Å². The summed E-state index contributed by atoms with van der Waals surface area (Å²) in [6, 6.07) is 9.31. The molecule has 0 heterocycles. The second kappa shape index (κ2) is 6.53. The molecule has 1 saturated carbocycles. The Morgan fingerprint density at radius 3 is 2.26 bits per heavy atom. The van der Waals surface area contributed by atoms with Crippen molar-refractivity contribution in [1.82, 2.24) is 5.43 Å². The van der Waals surface area contributed by atoms with E-state index in [1.807, 2.05) is 0 Å². The van der Waals surface area contributed by atoms with Gasteiger partial charge in [-0.1, -0.05) is 57.9 Å². The van der Waals surface area contributed by atoms with Crippen molar-refractivity contribution in [2.45, 2.75) is 58.4 Å². The molecular formula is C17H28N2. The number of nitrogens with one attached hydrogen (secondary N) is 1. The van der Waals surface area contributed by atoms with Crippen molar-refractivity contribution in [3.63, 3.8) is 0 Å². The van der Waals surface area contributed by atoms with Gasteiger partial charge in [-0.25, -0.2) is 0 Å². The molecule has 2 heteroatoms. The molecule has 1 fully saturated rings. The molecule has 1 aromatic carbocycles. The lowest BCUT2D eigenvalue weighted by molar-refractivity contribution is 0.358. The molecule has 2 rings (SSSR count). The van der Waals surface area contributed by atoms with Crippen LogP contribution in [0.2, 0.25) is 0 Å². The van der Waals surface area contributed by atoms with Crippen LogP contribution in [-0.2, 0) is 0 Å². The number of benzene rings is 1. The highest BCUT2D eigenvalue weighted by Crippen LogP contribution is 2.40. The van der Waals surface area contributed by atoms with Gasteiger partial charge in [-0.3, -0.25) is 11.3 Å². The summed E-state index contributed by atoms with van der Waals surface area (Å²) < 4.78 is 0. The average molecular weight is 260 g/mol. The zero-order valence-corrected chi connectivity index (χ0v) is 12.5. The van der Waals surface area contributed by atoms with Gasteiger partial charge in [0.25, 0.3) is 0 Å². The Kier molecular flexibility index (Phi) is 5.00. The van der Waals surface area contributed by atoms with Gasteiger partial charge >= 0.3 is 0 Å². The third kappa shape index (κ3) is 3.37. The third-order valence-electron chi connectivity index (χ3n) is 4.77. The van der Waals surface area contributed by atoms with Crippen molar-refractivity contribution in [2.24, 2.45) is 17.7 Å². The van der Waals surface area contributed by atoms with E-state index in [4.69, 9.17) is 5.84 Å². The lowest BCUT2D eigenvalue weighted by Gasteiger charge is -2.24. The van der Waals surface area contributed by atoms with Crippen LogP contribution in [0.5, 0.6) is 0 Å². The summed E-state index contributed by atoms with van der Waals surface area (Å²) in [5.41, 5.74) is 5.80. The van der Waals surface area contributed by atoms with Gasteiger partial charge in [-0.15, -0.1) is 0 Å². The van der Waals surface area contributed by atoms with E-state index in [9.17, 15) is 0 Å². The van der Waals surface area contributed by atoms with Gasteiger partial charge < -0.3 is 0 Å². The van der Waals surface area contributed by atoms with Gasteiger partial charge in [0.05, 0.1) is 0 Å². The molecule has 0 bridgehead atoms. The van der Waals surface area contributed by atoms with Crippen LogP contribution in [0.15, 0.2) is 24.3 Å². The maximum atomic E-state index is 5.82. The molecule has 106 valence electrons. The Balaban J connectivity index is 2.09. The van der Waals surface area contributed by atoms with Crippen LogP contribution in [0, 0.1) is 11.8 Å². The number of hydrazine groups is 1. The van der Waals surface area contributed by atoms with E-state index in [-0.39, 0.29) is 0 Å². The Hall–Kier alpha value is -0.860. The molecule has 1 aromatic rings. The summed E-state index contributed by atoms with van der Waals surface area (Å²) in [7, 11) is 0. The summed E-state index contributed by atoms with van der Waals surface area (Å²) in [4.78, 5) is 0. The van der Waals surface area contributed by atoms with Crippen LogP contribution in [0.4, 0.5) is 0 Å². The average Bonchev–Trinajstić information content (AvgIpc) is 2.89. The van der Waals surface area contributed by atoms with Crippen molar-refractivity contribution in [1.29, 1.82) is 0 Å². The van der Waals surface area contributed by atoms with Gasteiger partial charge in [-0.05, 0) is 41.7 Å². The highest BCUT2D eigenvalue weighted by atomic mass is 15.2. The number of hydrogen-bond acceptors (Lipinski definition) is 2. The SMILES string of the molecule is CCC1CCC(C(NN)c2ccc(C(C)C)cc2)C1. The second-order valence-corrected chi connectivity index (χ2v) is 6.31. The van der Waals surface area contributed by atoms with E-state index >= 15 is 0 Å². The first-order valence-electron chi connectivity index (χ1n) is 7.71. The van der Waals surface area contributed by atoms with Crippen LogP contribution >= 0.6 is 0 Å². The zero-order chi connectivity index (χ0) is 13.8. The molecule has 1 aliphatic rings. The minimum atomic E-state index is 0.317. The van der Waals surface area contributed by atoms with Gasteiger partial charge in [0.1, 0.15) is 0 Å². The Bertz CT molecular complexity index is 383. The van der Waals surface area contributed by atoms with Crippen LogP contribution in [0.1, 0.15) is 69.5 Å². The summed E-state index contributed by atoms with van der Waals surface area (Å²) in [5, 5.41) is 0. The smallest absolute Gasteiger partial charge is 0.0488 e. The van der Waals surface area contributed by atoms with Crippen LogP contribution in [-0.4, -0.2) is 0 Å². The quantitative estimate of drug-likeness (QED) is 0.617. The van der Waals surface area contributed by atoms with Crippen molar-refractivity contribution in [3.8, 4) is 0 Å². The second-order valence-electron chi connectivity index (χ2n) is 6.31. The fraction of sp³-hybridized carbons (Fsp3) is 0.647. The molecule has 0 spiro atoms. The van der Waals surface area contributed by atoms with E-state index in [1.165, 1.54) is 36.8 Å². The molecule has 3 N–H and O–H groups in total. The normalized spacial score (nSPS) is 24.9. The summed E-state index contributed by atoms with van der Waals surface area (Å²) in [5.74, 6) is 8.00. The number of rotatable bonds is 5. The van der Waals surface area contributed by atoms with Gasteiger partial charge in [0.15, 0.2) is 0 Å². The first-order chi connectivity index (χ1) is 9.15. The maximum absolute atomic E-state index is 5.82. The molecule has 3 atom stereocenters. The highest BCUT2D eigenvalue weighted by Gasteiger charge is 2.30. The summed E-state index contributed by atoms with van der Waals surface area (Å²) in [6.07, 6.45) is 5.29. The standard InChI is InChI=1S/C17H28N2/c1-4-13-5-6-16(11-13)17(19-18)15-9-7-14(8-10-15)12(2)3/h7-10,12-13,16-17,19H,4-6,11,18H2,1-3H3. The first kappa shape index (κ1) is 14.5. The molecular weight excluding hydrogens is 232 g/mol. The lowest BCUT2D eigenvalue weighted by atomic mass is 9.89. The van der Waals surface area contributed by atoms with E-state index in [2.05, 4.69) is 50.5 Å². The molecule has 0 aliphatic heterocycles. The van der Waals surface area contributed by atoms with E-state index in [0.29, 0.717) is 17.9 Å². The van der Waals surface area contributed by atoms with Gasteiger partial charge in [0.2, 0.25) is 0 Å². The fourth-order valence-electron chi connectivity index (χ4n) is 3.38. The molecule has 1 aliphatic carbocycles. The van der Waals surface area contributed by atoms with E-state index in [0.717, 1.165) is 5.92 Å². The van der Waals surface area contributed by atoms with Crippen molar-refractivity contribution in [3.05, 3.63) is 35.4 Å². The molecule has 0 aromatic heterocycles. The molecule has 0 radical (unpaired) electrons. The zero-order valence-electron chi connectivity index (χ0n) is 12.5. The maximum Gasteiger partial charge on any atom is 0.0488 e. The predicted octanol–water partition coefficient (Wildman–Crippen LogP) is 4.14. The van der Waals surface area contributed by atoms with E-state index < -0.39 is 0 Å².